The standard InChI is InChI=1S/C14H17N3O/c1-11-3-2-4-12(9-11)18-8-7-17-14-5-6-16-10-13(14)15/h2-6,9-10H,7-8,15H2,1H3,(H,16,17). The fraction of sp³-hybridized carbons (Fsp3) is 0.214. The first-order valence-electron chi connectivity index (χ1n) is 5.88. The summed E-state index contributed by atoms with van der Waals surface area (Å²) in [5, 5.41) is 3.21. The minimum atomic E-state index is 0.589. The maximum Gasteiger partial charge on any atom is 0.119 e. The topological polar surface area (TPSA) is 60.2 Å². The zero-order valence-corrected chi connectivity index (χ0v) is 10.4. The van der Waals surface area contributed by atoms with E-state index in [1.165, 1.54) is 5.56 Å². The second kappa shape index (κ2) is 5.91. The van der Waals surface area contributed by atoms with Crippen molar-refractivity contribution < 1.29 is 4.74 Å². The second-order valence-corrected chi connectivity index (χ2v) is 4.05. The van der Waals surface area contributed by atoms with Gasteiger partial charge in [0, 0.05) is 12.7 Å². The van der Waals surface area contributed by atoms with E-state index in [0.717, 1.165) is 11.4 Å². The Morgan fingerprint density at radius 1 is 1.33 bits per heavy atom. The molecule has 1 aromatic heterocycles. The molecule has 18 heavy (non-hydrogen) atoms. The highest BCUT2D eigenvalue weighted by molar-refractivity contribution is 5.64. The van der Waals surface area contributed by atoms with Gasteiger partial charge in [-0.1, -0.05) is 12.1 Å². The van der Waals surface area contributed by atoms with E-state index in [4.69, 9.17) is 10.5 Å². The van der Waals surface area contributed by atoms with E-state index in [1.54, 1.807) is 12.4 Å². The molecule has 3 N–H and O–H groups in total. The molecule has 0 bridgehead atoms. The lowest BCUT2D eigenvalue weighted by Gasteiger charge is -2.10. The summed E-state index contributed by atoms with van der Waals surface area (Å²) in [7, 11) is 0. The molecule has 0 aliphatic carbocycles. The van der Waals surface area contributed by atoms with Crippen molar-refractivity contribution in [2.75, 3.05) is 24.2 Å². The number of aryl methyl sites for hydroxylation is 1. The van der Waals surface area contributed by atoms with Crippen LogP contribution >= 0.6 is 0 Å². The molecule has 0 fully saturated rings. The lowest BCUT2D eigenvalue weighted by atomic mass is 10.2. The SMILES string of the molecule is Cc1cccc(OCCNc2ccncc2N)c1. The van der Waals surface area contributed by atoms with Crippen molar-refractivity contribution in [3.8, 4) is 5.75 Å². The molecular weight excluding hydrogens is 226 g/mol. The van der Waals surface area contributed by atoms with Crippen molar-refractivity contribution in [2.24, 2.45) is 0 Å². The first kappa shape index (κ1) is 12.2. The molecule has 0 spiro atoms. The Bertz CT molecular complexity index is 514. The van der Waals surface area contributed by atoms with Crippen molar-refractivity contribution >= 4 is 11.4 Å². The van der Waals surface area contributed by atoms with Gasteiger partial charge < -0.3 is 15.8 Å². The molecule has 4 nitrogen and oxygen atoms in total. The molecule has 0 saturated carbocycles. The molecule has 0 unspecified atom stereocenters. The van der Waals surface area contributed by atoms with Crippen LogP contribution in [0.2, 0.25) is 0 Å². The summed E-state index contributed by atoms with van der Waals surface area (Å²) in [5.74, 6) is 0.888. The number of hydrogen-bond donors (Lipinski definition) is 2. The predicted octanol–water partition coefficient (Wildman–Crippen LogP) is 2.46. The molecule has 0 atom stereocenters. The predicted molar refractivity (Wildman–Crippen MR) is 73.8 cm³/mol. The van der Waals surface area contributed by atoms with Crippen LogP contribution in [0.1, 0.15) is 5.56 Å². The number of nitrogens with zero attached hydrogens (tertiary/aromatic N) is 1. The quantitative estimate of drug-likeness (QED) is 0.792. The van der Waals surface area contributed by atoms with E-state index in [-0.39, 0.29) is 0 Å². The van der Waals surface area contributed by atoms with E-state index < -0.39 is 0 Å². The number of hydrogen-bond acceptors (Lipinski definition) is 4. The number of ether oxygens (including phenoxy) is 1. The van der Waals surface area contributed by atoms with Gasteiger partial charge in [0.25, 0.3) is 0 Å². The summed E-state index contributed by atoms with van der Waals surface area (Å²) in [4.78, 5) is 3.93. The van der Waals surface area contributed by atoms with E-state index >= 15 is 0 Å². The van der Waals surface area contributed by atoms with Gasteiger partial charge in [0.05, 0.1) is 17.6 Å². The smallest absolute Gasteiger partial charge is 0.119 e. The van der Waals surface area contributed by atoms with Gasteiger partial charge in [-0.25, -0.2) is 0 Å². The number of aromatic nitrogens is 1. The second-order valence-electron chi connectivity index (χ2n) is 4.05. The Kier molecular flexibility index (Phi) is 4.02. The average Bonchev–Trinajstić information content (AvgIpc) is 2.37. The fourth-order valence-corrected chi connectivity index (χ4v) is 1.63. The number of nitrogens with one attached hydrogen (secondary N) is 1. The van der Waals surface area contributed by atoms with Crippen molar-refractivity contribution in [1.29, 1.82) is 0 Å². The van der Waals surface area contributed by atoms with Crippen LogP contribution < -0.4 is 15.8 Å². The first-order valence-corrected chi connectivity index (χ1v) is 5.88. The van der Waals surface area contributed by atoms with E-state index in [9.17, 15) is 0 Å². The summed E-state index contributed by atoms with van der Waals surface area (Å²) in [6.45, 7) is 3.33. The first-order chi connectivity index (χ1) is 8.75. The summed E-state index contributed by atoms with van der Waals surface area (Å²) in [6.07, 6.45) is 3.34. The van der Waals surface area contributed by atoms with Gasteiger partial charge in [-0.2, -0.15) is 0 Å². The lowest BCUT2D eigenvalue weighted by Crippen LogP contribution is -2.12. The molecule has 1 heterocycles. The Balaban J connectivity index is 1.78. The fourth-order valence-electron chi connectivity index (χ4n) is 1.63. The number of nitrogen functional groups attached to an aromatic ring is 1. The van der Waals surface area contributed by atoms with Gasteiger partial charge in [-0.15, -0.1) is 0 Å². The molecule has 0 aliphatic heterocycles. The van der Waals surface area contributed by atoms with E-state index in [1.807, 2.05) is 37.3 Å². The van der Waals surface area contributed by atoms with Gasteiger partial charge in [-0.3, -0.25) is 4.98 Å². The van der Waals surface area contributed by atoms with Crippen LogP contribution in [-0.2, 0) is 0 Å². The number of rotatable bonds is 5. The summed E-state index contributed by atoms with van der Waals surface area (Å²) < 4.78 is 5.63. The molecule has 94 valence electrons. The Labute approximate surface area is 107 Å². The van der Waals surface area contributed by atoms with Crippen molar-refractivity contribution in [2.45, 2.75) is 6.92 Å². The minimum absolute atomic E-state index is 0.589. The maximum absolute atomic E-state index is 5.77. The third kappa shape index (κ3) is 3.38. The van der Waals surface area contributed by atoms with E-state index in [2.05, 4.69) is 10.3 Å². The zero-order chi connectivity index (χ0) is 12.8. The number of nitrogens with two attached hydrogens (primary N) is 1. The third-order valence-electron chi connectivity index (χ3n) is 2.53. The molecule has 4 heteroatoms. The summed E-state index contributed by atoms with van der Waals surface area (Å²) in [6, 6.07) is 9.85. The van der Waals surface area contributed by atoms with Gasteiger partial charge in [0.2, 0.25) is 0 Å². The molecule has 0 aliphatic rings. The summed E-state index contributed by atoms with van der Waals surface area (Å²) in [5.41, 5.74) is 8.49. The van der Waals surface area contributed by atoms with Gasteiger partial charge >= 0.3 is 0 Å². The third-order valence-corrected chi connectivity index (χ3v) is 2.53. The Morgan fingerprint density at radius 2 is 2.22 bits per heavy atom. The highest BCUT2D eigenvalue weighted by Crippen LogP contribution is 2.15. The molecule has 0 radical (unpaired) electrons. The number of benzene rings is 1. The number of anilines is 2. The van der Waals surface area contributed by atoms with Gasteiger partial charge in [-0.05, 0) is 30.7 Å². The molecule has 2 rings (SSSR count). The lowest BCUT2D eigenvalue weighted by molar-refractivity contribution is 0.332. The van der Waals surface area contributed by atoms with Crippen molar-refractivity contribution in [3.63, 3.8) is 0 Å². The highest BCUT2D eigenvalue weighted by atomic mass is 16.5. The van der Waals surface area contributed by atoms with Gasteiger partial charge in [0.1, 0.15) is 12.4 Å². The van der Waals surface area contributed by atoms with Crippen molar-refractivity contribution in [3.05, 3.63) is 48.3 Å². The average molecular weight is 243 g/mol. The molecule has 2 aromatic rings. The van der Waals surface area contributed by atoms with Crippen LogP contribution in [-0.4, -0.2) is 18.1 Å². The minimum Gasteiger partial charge on any atom is -0.492 e. The van der Waals surface area contributed by atoms with Crippen LogP contribution in [0.3, 0.4) is 0 Å². The van der Waals surface area contributed by atoms with E-state index in [0.29, 0.717) is 18.8 Å². The maximum atomic E-state index is 5.77. The monoisotopic (exact) mass is 243 g/mol. The Hall–Kier alpha value is -2.23. The zero-order valence-electron chi connectivity index (χ0n) is 10.4. The van der Waals surface area contributed by atoms with Crippen molar-refractivity contribution in [1.82, 2.24) is 4.98 Å². The normalized spacial score (nSPS) is 10.1. The van der Waals surface area contributed by atoms with Crippen LogP contribution in [0.5, 0.6) is 5.75 Å². The van der Waals surface area contributed by atoms with Crippen LogP contribution in [0.4, 0.5) is 11.4 Å². The van der Waals surface area contributed by atoms with Crippen LogP contribution in [0, 0.1) is 6.92 Å². The number of pyridine rings is 1. The molecule has 0 amide bonds. The van der Waals surface area contributed by atoms with Crippen LogP contribution in [0.25, 0.3) is 0 Å². The molecule has 0 saturated heterocycles. The van der Waals surface area contributed by atoms with Crippen LogP contribution in [0.15, 0.2) is 42.7 Å². The summed E-state index contributed by atoms with van der Waals surface area (Å²) >= 11 is 0. The largest absolute Gasteiger partial charge is 0.492 e. The van der Waals surface area contributed by atoms with Gasteiger partial charge in [0.15, 0.2) is 0 Å². The highest BCUT2D eigenvalue weighted by Gasteiger charge is 1.97. The molecule has 1 aromatic carbocycles. The Morgan fingerprint density at radius 3 is 3.00 bits per heavy atom. The molecular formula is C14H17N3O.